The topological polar surface area (TPSA) is 24.5 Å². The lowest BCUT2D eigenvalue weighted by Gasteiger charge is -2.35. The Hall–Kier alpha value is -0.760. The number of ether oxygens (including phenoxy) is 1. The maximum atomic E-state index is 14.3. The average Bonchev–Trinajstić information content (AvgIpc) is 2.45. The van der Waals surface area contributed by atoms with E-state index in [4.69, 9.17) is 4.74 Å². The van der Waals surface area contributed by atoms with Crippen LogP contribution >= 0.6 is 24.8 Å². The maximum Gasteiger partial charge on any atom is 0.390 e. The van der Waals surface area contributed by atoms with Gasteiger partial charge in [-0.2, -0.15) is 13.2 Å². The van der Waals surface area contributed by atoms with Gasteiger partial charge in [0.05, 0.1) is 13.5 Å². The number of nitrogens with zero attached hydrogens (tertiary/aromatic N) is 1. The quantitative estimate of drug-likeness (QED) is 0.810. The summed E-state index contributed by atoms with van der Waals surface area (Å²) in [5, 5.41) is 3.08. The Morgan fingerprint density at radius 2 is 1.83 bits per heavy atom. The number of alkyl halides is 3. The number of hydrogen-bond donors (Lipinski definition) is 1. The zero-order valence-corrected chi connectivity index (χ0v) is 14.2. The van der Waals surface area contributed by atoms with Crippen LogP contribution in [0.2, 0.25) is 0 Å². The van der Waals surface area contributed by atoms with Crippen molar-refractivity contribution in [2.24, 2.45) is 0 Å². The molecule has 1 atom stereocenters. The summed E-state index contributed by atoms with van der Waals surface area (Å²) in [5.74, 6) is -0.748. The largest absolute Gasteiger partial charge is 0.494 e. The molecule has 2 rings (SSSR count). The Morgan fingerprint density at radius 1 is 1.22 bits per heavy atom. The van der Waals surface area contributed by atoms with Gasteiger partial charge in [-0.05, 0) is 6.07 Å². The van der Waals surface area contributed by atoms with Crippen LogP contribution in [0.5, 0.6) is 5.75 Å². The molecule has 1 saturated heterocycles. The van der Waals surface area contributed by atoms with Crippen LogP contribution in [-0.2, 0) is 0 Å². The van der Waals surface area contributed by atoms with Gasteiger partial charge in [0.15, 0.2) is 11.6 Å². The van der Waals surface area contributed by atoms with Crippen molar-refractivity contribution in [2.75, 3.05) is 33.3 Å². The lowest BCUT2D eigenvalue weighted by atomic mass is 9.99. The first-order chi connectivity index (χ1) is 9.92. The molecule has 0 bridgehead atoms. The molecular weight excluding hydrogens is 359 g/mol. The number of nitrogens with one attached hydrogen (secondary N) is 1. The summed E-state index contributed by atoms with van der Waals surface area (Å²) in [4.78, 5) is 1.67. The van der Waals surface area contributed by atoms with Gasteiger partial charge in [-0.25, -0.2) is 4.39 Å². The van der Waals surface area contributed by atoms with Gasteiger partial charge in [-0.15, -0.1) is 24.8 Å². The Kier molecular flexibility index (Phi) is 9.20. The Bertz CT molecular complexity index is 482. The van der Waals surface area contributed by atoms with E-state index in [2.05, 4.69) is 5.32 Å². The highest BCUT2D eigenvalue weighted by atomic mass is 35.5. The molecule has 0 aliphatic carbocycles. The van der Waals surface area contributed by atoms with Crippen molar-refractivity contribution in [3.05, 3.63) is 29.6 Å². The molecule has 0 saturated carbocycles. The number of halogens is 6. The molecule has 9 heteroatoms. The van der Waals surface area contributed by atoms with E-state index in [-0.39, 0.29) is 36.1 Å². The van der Waals surface area contributed by atoms with Crippen molar-refractivity contribution >= 4 is 24.8 Å². The van der Waals surface area contributed by atoms with Gasteiger partial charge >= 0.3 is 6.18 Å². The second-order valence-electron chi connectivity index (χ2n) is 4.98. The SMILES string of the molecule is COc1cccc([C@H](CC(F)(F)F)N2CCNCC2)c1F.Cl.Cl. The highest BCUT2D eigenvalue weighted by Crippen LogP contribution is 2.36. The van der Waals surface area contributed by atoms with Crippen molar-refractivity contribution in [3.63, 3.8) is 0 Å². The summed E-state index contributed by atoms with van der Waals surface area (Å²) in [5.41, 5.74) is 0.0357. The summed E-state index contributed by atoms with van der Waals surface area (Å²) in [6.07, 6.45) is -5.43. The molecule has 1 aromatic rings. The highest BCUT2D eigenvalue weighted by Gasteiger charge is 2.37. The minimum absolute atomic E-state index is 0. The van der Waals surface area contributed by atoms with Crippen LogP contribution in [0.4, 0.5) is 17.6 Å². The van der Waals surface area contributed by atoms with Crippen LogP contribution in [-0.4, -0.2) is 44.4 Å². The second kappa shape index (κ2) is 9.52. The van der Waals surface area contributed by atoms with Gasteiger partial charge in [0.2, 0.25) is 0 Å². The van der Waals surface area contributed by atoms with Gasteiger partial charge < -0.3 is 10.1 Å². The fourth-order valence-corrected chi connectivity index (χ4v) is 2.59. The number of piperazine rings is 1. The van der Waals surface area contributed by atoms with E-state index in [1.807, 2.05) is 0 Å². The molecular formula is C14H20Cl2F4N2O. The van der Waals surface area contributed by atoms with E-state index >= 15 is 0 Å². The summed E-state index contributed by atoms with van der Waals surface area (Å²) >= 11 is 0. The monoisotopic (exact) mass is 378 g/mol. The molecule has 1 fully saturated rings. The molecule has 0 amide bonds. The third kappa shape index (κ3) is 5.99. The van der Waals surface area contributed by atoms with Crippen LogP contribution in [0, 0.1) is 5.82 Å². The van der Waals surface area contributed by atoms with E-state index in [0.717, 1.165) is 0 Å². The molecule has 1 heterocycles. The lowest BCUT2D eigenvalue weighted by Crippen LogP contribution is -2.46. The van der Waals surface area contributed by atoms with Crippen molar-refractivity contribution in [3.8, 4) is 5.75 Å². The van der Waals surface area contributed by atoms with Gasteiger partial charge in [0.1, 0.15) is 0 Å². The van der Waals surface area contributed by atoms with Crippen molar-refractivity contribution in [1.82, 2.24) is 10.2 Å². The van der Waals surface area contributed by atoms with Gasteiger partial charge in [0.25, 0.3) is 0 Å². The zero-order chi connectivity index (χ0) is 15.5. The Labute approximate surface area is 145 Å². The van der Waals surface area contributed by atoms with Crippen LogP contribution in [0.1, 0.15) is 18.0 Å². The predicted molar refractivity (Wildman–Crippen MR) is 85.3 cm³/mol. The van der Waals surface area contributed by atoms with Crippen LogP contribution in [0.25, 0.3) is 0 Å². The molecule has 0 radical (unpaired) electrons. The fourth-order valence-electron chi connectivity index (χ4n) is 2.59. The molecule has 1 aliphatic rings. The summed E-state index contributed by atoms with van der Waals surface area (Å²) in [6, 6.07) is 3.29. The minimum Gasteiger partial charge on any atom is -0.494 e. The minimum atomic E-state index is -4.36. The first-order valence-electron chi connectivity index (χ1n) is 6.76. The predicted octanol–water partition coefficient (Wildman–Crippen LogP) is 3.58. The Morgan fingerprint density at radius 3 is 2.35 bits per heavy atom. The molecule has 3 nitrogen and oxygen atoms in total. The van der Waals surface area contributed by atoms with Crippen molar-refractivity contribution in [2.45, 2.75) is 18.6 Å². The van der Waals surface area contributed by atoms with Crippen molar-refractivity contribution in [1.29, 1.82) is 0 Å². The van der Waals surface area contributed by atoms with Crippen LogP contribution in [0.3, 0.4) is 0 Å². The third-order valence-electron chi connectivity index (χ3n) is 3.59. The third-order valence-corrected chi connectivity index (χ3v) is 3.59. The number of rotatable bonds is 4. The van der Waals surface area contributed by atoms with Gasteiger partial charge in [-0.3, -0.25) is 4.90 Å². The molecule has 0 spiro atoms. The first-order valence-corrected chi connectivity index (χ1v) is 6.76. The fraction of sp³-hybridized carbons (Fsp3) is 0.571. The van der Waals surface area contributed by atoms with Gasteiger partial charge in [-0.1, -0.05) is 12.1 Å². The van der Waals surface area contributed by atoms with Crippen molar-refractivity contribution < 1.29 is 22.3 Å². The first kappa shape index (κ1) is 22.2. The van der Waals surface area contributed by atoms with E-state index in [9.17, 15) is 17.6 Å². The molecule has 0 unspecified atom stereocenters. The standard InChI is InChI=1S/C14H18F4N2O.2ClH/c1-21-12-4-2-3-10(13(12)15)11(9-14(16,17)18)20-7-5-19-6-8-20;;/h2-4,11,19H,5-9H2,1H3;2*1H/t11-;;/m0../s1. The summed E-state index contributed by atoms with van der Waals surface area (Å²) < 4.78 is 57.8. The molecule has 1 N–H and O–H groups in total. The maximum absolute atomic E-state index is 14.3. The molecule has 134 valence electrons. The number of benzene rings is 1. The summed E-state index contributed by atoms with van der Waals surface area (Å²) in [6.45, 7) is 2.11. The summed E-state index contributed by atoms with van der Waals surface area (Å²) in [7, 11) is 1.30. The van der Waals surface area contributed by atoms with Crippen LogP contribution < -0.4 is 10.1 Å². The Balaban J connectivity index is 0.00000242. The van der Waals surface area contributed by atoms with Gasteiger partial charge in [0, 0.05) is 37.8 Å². The molecule has 1 aliphatic heterocycles. The normalized spacial score (nSPS) is 16.9. The van der Waals surface area contributed by atoms with E-state index in [1.54, 1.807) is 4.90 Å². The lowest BCUT2D eigenvalue weighted by molar-refractivity contribution is -0.149. The van der Waals surface area contributed by atoms with E-state index in [0.29, 0.717) is 26.2 Å². The number of methoxy groups -OCH3 is 1. The highest BCUT2D eigenvalue weighted by molar-refractivity contribution is 5.85. The zero-order valence-electron chi connectivity index (χ0n) is 12.5. The van der Waals surface area contributed by atoms with E-state index < -0.39 is 24.5 Å². The second-order valence-corrected chi connectivity index (χ2v) is 4.98. The van der Waals surface area contributed by atoms with E-state index in [1.165, 1.54) is 25.3 Å². The number of hydrogen-bond acceptors (Lipinski definition) is 3. The smallest absolute Gasteiger partial charge is 0.390 e. The molecule has 23 heavy (non-hydrogen) atoms. The molecule has 0 aromatic heterocycles. The average molecular weight is 379 g/mol. The molecule has 1 aromatic carbocycles. The van der Waals surface area contributed by atoms with Crippen LogP contribution in [0.15, 0.2) is 18.2 Å².